The van der Waals surface area contributed by atoms with Gasteiger partial charge in [-0.15, -0.1) is 0 Å². The Kier molecular flexibility index (Phi) is 7.61. The van der Waals surface area contributed by atoms with E-state index in [1.165, 1.54) is 6.21 Å². The topological polar surface area (TPSA) is 79.8 Å². The summed E-state index contributed by atoms with van der Waals surface area (Å²) in [6, 6.07) is 16.4. The molecule has 2 rings (SSSR count). The van der Waals surface area contributed by atoms with Crippen molar-refractivity contribution in [3.8, 4) is 5.75 Å². The molecular formula is C20H21N3O3. The summed E-state index contributed by atoms with van der Waals surface area (Å²) >= 11 is 0. The summed E-state index contributed by atoms with van der Waals surface area (Å²) in [5.74, 6) is 0.0834. The van der Waals surface area contributed by atoms with Gasteiger partial charge in [-0.1, -0.05) is 43.0 Å². The van der Waals surface area contributed by atoms with Crippen LogP contribution in [-0.2, 0) is 9.59 Å². The first-order chi connectivity index (χ1) is 12.7. The van der Waals surface area contributed by atoms with Crippen LogP contribution >= 0.6 is 0 Å². The molecule has 0 spiro atoms. The van der Waals surface area contributed by atoms with Gasteiger partial charge < -0.3 is 10.1 Å². The van der Waals surface area contributed by atoms with Crippen LogP contribution in [0.2, 0.25) is 0 Å². The van der Waals surface area contributed by atoms with E-state index in [-0.39, 0.29) is 24.7 Å². The summed E-state index contributed by atoms with van der Waals surface area (Å²) in [6.45, 7) is 3.99. The molecule has 2 aromatic rings. The molecule has 134 valence electrons. The second kappa shape index (κ2) is 10.5. The third-order valence-electron chi connectivity index (χ3n) is 3.31. The van der Waals surface area contributed by atoms with Gasteiger partial charge >= 0.3 is 0 Å². The minimum absolute atomic E-state index is 0.0462. The van der Waals surface area contributed by atoms with Crippen molar-refractivity contribution in [1.29, 1.82) is 0 Å². The molecule has 2 amide bonds. The zero-order valence-electron chi connectivity index (χ0n) is 14.4. The van der Waals surface area contributed by atoms with E-state index in [1.807, 2.05) is 36.4 Å². The predicted molar refractivity (Wildman–Crippen MR) is 102 cm³/mol. The largest absolute Gasteiger partial charge is 0.489 e. The van der Waals surface area contributed by atoms with Gasteiger partial charge in [0, 0.05) is 24.1 Å². The van der Waals surface area contributed by atoms with Crippen molar-refractivity contribution in [2.24, 2.45) is 5.10 Å². The molecular weight excluding hydrogens is 330 g/mol. The third-order valence-corrected chi connectivity index (χ3v) is 3.31. The Morgan fingerprint density at radius 2 is 1.69 bits per heavy atom. The molecule has 26 heavy (non-hydrogen) atoms. The number of para-hydroxylation sites is 2. The van der Waals surface area contributed by atoms with Gasteiger partial charge in [-0.25, -0.2) is 5.43 Å². The minimum Gasteiger partial charge on any atom is -0.489 e. The molecule has 0 fully saturated rings. The van der Waals surface area contributed by atoms with Crippen molar-refractivity contribution in [3.63, 3.8) is 0 Å². The summed E-state index contributed by atoms with van der Waals surface area (Å²) in [5, 5.41) is 6.63. The van der Waals surface area contributed by atoms with Crippen LogP contribution in [0.1, 0.15) is 18.4 Å². The van der Waals surface area contributed by atoms with Gasteiger partial charge in [-0.05, 0) is 24.3 Å². The Balaban J connectivity index is 1.77. The van der Waals surface area contributed by atoms with E-state index < -0.39 is 0 Å². The predicted octanol–water partition coefficient (Wildman–Crippen LogP) is 3.12. The molecule has 0 aliphatic rings. The van der Waals surface area contributed by atoms with E-state index in [1.54, 1.807) is 24.3 Å². The molecule has 6 heteroatoms. The van der Waals surface area contributed by atoms with Crippen LogP contribution in [0.25, 0.3) is 0 Å². The van der Waals surface area contributed by atoms with Crippen molar-refractivity contribution in [3.05, 3.63) is 72.8 Å². The number of nitrogens with one attached hydrogen (secondary N) is 2. The minimum atomic E-state index is -0.339. The van der Waals surface area contributed by atoms with Gasteiger partial charge in [0.2, 0.25) is 11.8 Å². The molecule has 6 nitrogen and oxygen atoms in total. The van der Waals surface area contributed by atoms with Crippen LogP contribution in [0.3, 0.4) is 0 Å². The number of rotatable bonds is 9. The van der Waals surface area contributed by atoms with Gasteiger partial charge in [0.25, 0.3) is 0 Å². The van der Waals surface area contributed by atoms with Crippen molar-refractivity contribution >= 4 is 23.7 Å². The van der Waals surface area contributed by atoms with E-state index in [2.05, 4.69) is 22.4 Å². The molecule has 2 aromatic carbocycles. The van der Waals surface area contributed by atoms with Crippen LogP contribution in [-0.4, -0.2) is 24.6 Å². The third kappa shape index (κ3) is 6.60. The smallest absolute Gasteiger partial charge is 0.240 e. The highest BCUT2D eigenvalue weighted by Crippen LogP contribution is 2.15. The normalized spacial score (nSPS) is 10.3. The van der Waals surface area contributed by atoms with Gasteiger partial charge in [-0.2, -0.15) is 5.10 Å². The summed E-state index contributed by atoms with van der Waals surface area (Å²) < 4.78 is 5.50. The van der Waals surface area contributed by atoms with Crippen molar-refractivity contribution in [2.45, 2.75) is 12.8 Å². The maximum Gasteiger partial charge on any atom is 0.240 e. The lowest BCUT2D eigenvalue weighted by atomic mass is 10.2. The lowest BCUT2D eigenvalue weighted by Gasteiger charge is -2.06. The number of carbonyl (C=O) groups is 2. The number of benzene rings is 2. The maximum absolute atomic E-state index is 11.8. The first-order valence-corrected chi connectivity index (χ1v) is 8.18. The van der Waals surface area contributed by atoms with E-state index in [0.717, 1.165) is 5.56 Å². The van der Waals surface area contributed by atoms with Crippen LogP contribution in [0.5, 0.6) is 5.75 Å². The lowest BCUT2D eigenvalue weighted by Crippen LogP contribution is -2.20. The van der Waals surface area contributed by atoms with Gasteiger partial charge in [0.15, 0.2) is 0 Å². The first-order valence-electron chi connectivity index (χ1n) is 8.18. The first kappa shape index (κ1) is 18.9. The molecule has 0 atom stereocenters. The number of hydrazone groups is 1. The molecule has 0 saturated carbocycles. The highest BCUT2D eigenvalue weighted by Gasteiger charge is 2.06. The van der Waals surface area contributed by atoms with Gasteiger partial charge in [0.05, 0.1) is 6.21 Å². The fourth-order valence-corrected chi connectivity index (χ4v) is 2.07. The number of hydrogen-bond donors (Lipinski definition) is 2. The highest BCUT2D eigenvalue weighted by atomic mass is 16.5. The number of ether oxygens (including phenoxy) is 1. The van der Waals surface area contributed by atoms with Gasteiger partial charge in [-0.3, -0.25) is 9.59 Å². The number of carbonyl (C=O) groups excluding carboxylic acids is 2. The Morgan fingerprint density at radius 1 is 1.00 bits per heavy atom. The van der Waals surface area contributed by atoms with Crippen molar-refractivity contribution in [1.82, 2.24) is 5.43 Å². The maximum atomic E-state index is 11.8. The van der Waals surface area contributed by atoms with Crippen molar-refractivity contribution in [2.75, 3.05) is 11.9 Å². The second-order valence-corrected chi connectivity index (χ2v) is 5.34. The summed E-state index contributed by atoms with van der Waals surface area (Å²) in [5.41, 5.74) is 3.84. The Labute approximate surface area is 152 Å². The molecule has 0 saturated heterocycles. The molecule has 0 heterocycles. The molecule has 2 N–H and O–H groups in total. The van der Waals surface area contributed by atoms with Crippen LogP contribution in [0.15, 0.2) is 72.4 Å². The number of hydrogen-bond acceptors (Lipinski definition) is 4. The monoisotopic (exact) mass is 351 g/mol. The van der Waals surface area contributed by atoms with Crippen LogP contribution in [0, 0.1) is 0 Å². The number of amides is 2. The zero-order valence-corrected chi connectivity index (χ0v) is 14.4. The van der Waals surface area contributed by atoms with Crippen molar-refractivity contribution < 1.29 is 14.3 Å². The summed E-state index contributed by atoms with van der Waals surface area (Å²) in [6.07, 6.45) is 3.27. The quantitative estimate of drug-likeness (QED) is 0.414. The highest BCUT2D eigenvalue weighted by molar-refractivity contribution is 5.93. The fraction of sp³-hybridized carbons (Fsp3) is 0.150. The van der Waals surface area contributed by atoms with Gasteiger partial charge in [0.1, 0.15) is 12.4 Å². The molecule has 0 unspecified atom stereocenters. The van der Waals surface area contributed by atoms with E-state index in [9.17, 15) is 9.59 Å². The standard InChI is InChI=1S/C20H21N3O3/c1-2-14-26-18-11-7-6-8-16(18)15-21-23-20(25)13-12-19(24)22-17-9-4-3-5-10-17/h2-11,15H,1,12-14H2,(H,22,24)(H,23,25)/b21-15+. The number of anilines is 1. The van der Waals surface area contributed by atoms with Crippen LogP contribution in [0.4, 0.5) is 5.69 Å². The molecule has 0 aliphatic heterocycles. The summed E-state index contributed by atoms with van der Waals surface area (Å²) in [7, 11) is 0. The van der Waals surface area contributed by atoms with E-state index in [4.69, 9.17) is 4.74 Å². The Hall–Kier alpha value is -3.41. The molecule has 0 aliphatic carbocycles. The van der Waals surface area contributed by atoms with E-state index >= 15 is 0 Å². The second-order valence-electron chi connectivity index (χ2n) is 5.34. The SMILES string of the molecule is C=CCOc1ccccc1/C=N/NC(=O)CCC(=O)Nc1ccccc1. The number of nitrogens with zero attached hydrogens (tertiary/aromatic N) is 1. The molecule has 0 bridgehead atoms. The molecule has 0 radical (unpaired) electrons. The lowest BCUT2D eigenvalue weighted by molar-refractivity contribution is -0.124. The average Bonchev–Trinajstić information content (AvgIpc) is 2.66. The average molecular weight is 351 g/mol. The zero-order chi connectivity index (χ0) is 18.6. The fourth-order valence-electron chi connectivity index (χ4n) is 2.07. The summed E-state index contributed by atoms with van der Waals surface area (Å²) in [4.78, 5) is 23.6. The van der Waals surface area contributed by atoms with E-state index in [0.29, 0.717) is 18.0 Å². The molecule has 0 aromatic heterocycles. The Morgan fingerprint density at radius 3 is 2.46 bits per heavy atom. The van der Waals surface area contributed by atoms with Crippen LogP contribution < -0.4 is 15.5 Å². The Bertz CT molecular complexity index is 773.